The highest BCUT2D eigenvalue weighted by molar-refractivity contribution is 9.10. The van der Waals surface area contributed by atoms with Gasteiger partial charge in [-0.2, -0.15) is 0 Å². The van der Waals surface area contributed by atoms with Crippen molar-refractivity contribution < 1.29 is 4.79 Å². The average Bonchev–Trinajstić information content (AvgIpc) is 3.14. The Morgan fingerprint density at radius 2 is 1.67 bits per heavy atom. The van der Waals surface area contributed by atoms with Gasteiger partial charge in [-0.1, -0.05) is 28.1 Å². The van der Waals surface area contributed by atoms with Crippen LogP contribution in [0, 0.1) is 0 Å². The highest BCUT2D eigenvalue weighted by Crippen LogP contribution is 2.20. The number of benzene rings is 2. The molecule has 0 bridgehead atoms. The molecule has 0 radical (unpaired) electrons. The summed E-state index contributed by atoms with van der Waals surface area (Å²) in [5.41, 5.74) is 3.36. The van der Waals surface area contributed by atoms with E-state index in [9.17, 15) is 4.79 Å². The van der Waals surface area contributed by atoms with Gasteiger partial charge in [-0.25, -0.2) is 0 Å². The molecule has 1 aliphatic heterocycles. The van der Waals surface area contributed by atoms with Crippen molar-refractivity contribution in [3.63, 3.8) is 0 Å². The van der Waals surface area contributed by atoms with Crippen LogP contribution in [0.2, 0.25) is 0 Å². The van der Waals surface area contributed by atoms with Gasteiger partial charge in [0.2, 0.25) is 0 Å². The van der Waals surface area contributed by atoms with Crippen LogP contribution >= 0.6 is 15.9 Å². The lowest BCUT2D eigenvalue weighted by molar-refractivity contribution is 0.0953. The van der Waals surface area contributed by atoms with Gasteiger partial charge in [0.15, 0.2) is 0 Å². The van der Waals surface area contributed by atoms with Crippen molar-refractivity contribution in [1.29, 1.82) is 0 Å². The summed E-state index contributed by atoms with van der Waals surface area (Å²) in [6.45, 7) is 3.06. The molecule has 0 saturated carbocycles. The second-order valence-electron chi connectivity index (χ2n) is 6.23. The van der Waals surface area contributed by atoms with E-state index < -0.39 is 0 Å². The topological polar surface area (TPSA) is 32.3 Å². The van der Waals surface area contributed by atoms with E-state index in [0.29, 0.717) is 12.1 Å². The van der Waals surface area contributed by atoms with Crippen molar-refractivity contribution in [2.45, 2.75) is 25.7 Å². The van der Waals surface area contributed by atoms with Crippen molar-refractivity contribution in [3.05, 3.63) is 64.1 Å². The highest BCUT2D eigenvalue weighted by atomic mass is 79.9. The van der Waals surface area contributed by atoms with E-state index in [0.717, 1.165) is 17.3 Å². The lowest BCUT2D eigenvalue weighted by Crippen LogP contribution is -2.24. The van der Waals surface area contributed by atoms with Gasteiger partial charge in [-0.05, 0) is 67.6 Å². The first kappa shape index (κ1) is 17.0. The molecule has 3 nitrogen and oxygen atoms in total. The molecule has 0 aromatic heterocycles. The monoisotopic (exact) mass is 386 g/mol. The van der Waals surface area contributed by atoms with Crippen LogP contribution in [-0.4, -0.2) is 25.5 Å². The quantitative estimate of drug-likeness (QED) is 0.745. The van der Waals surface area contributed by atoms with Gasteiger partial charge in [-0.15, -0.1) is 0 Å². The van der Waals surface area contributed by atoms with E-state index in [4.69, 9.17) is 0 Å². The minimum atomic E-state index is -0.00752. The van der Waals surface area contributed by atoms with E-state index >= 15 is 0 Å². The number of carbonyl (C=O) groups is 1. The summed E-state index contributed by atoms with van der Waals surface area (Å²) in [6.07, 6.45) is 4.55. The third-order valence-corrected chi connectivity index (χ3v) is 4.97. The zero-order chi connectivity index (χ0) is 16.8. The Morgan fingerprint density at radius 1 is 1.00 bits per heavy atom. The maximum absolute atomic E-state index is 12.0. The molecule has 1 N–H and O–H groups in total. The molecule has 2 aromatic carbocycles. The molecule has 1 saturated heterocycles. The summed E-state index contributed by atoms with van der Waals surface area (Å²) >= 11 is 3.38. The van der Waals surface area contributed by atoms with Crippen molar-refractivity contribution in [2.24, 2.45) is 0 Å². The molecule has 24 heavy (non-hydrogen) atoms. The number of hydrogen-bond acceptors (Lipinski definition) is 2. The Morgan fingerprint density at radius 3 is 2.33 bits per heavy atom. The third kappa shape index (κ3) is 4.60. The molecule has 1 amide bonds. The van der Waals surface area contributed by atoms with E-state index in [-0.39, 0.29) is 5.91 Å². The second-order valence-corrected chi connectivity index (χ2v) is 7.14. The van der Waals surface area contributed by atoms with E-state index in [2.05, 4.69) is 50.4 Å². The number of hydrogen-bond donors (Lipinski definition) is 1. The molecule has 2 aromatic rings. The van der Waals surface area contributed by atoms with Gasteiger partial charge in [-0.3, -0.25) is 4.79 Å². The lowest BCUT2D eigenvalue weighted by atomic mass is 10.1. The van der Waals surface area contributed by atoms with Crippen molar-refractivity contribution in [3.8, 4) is 0 Å². The standard InChI is InChI=1S/C20H23BrN2O/c21-18-9-7-17(8-10-18)20(24)22-13-3-4-16-5-11-19(12-6-16)23-14-1-2-15-23/h5-12H,1-4,13-15H2,(H,22,24). The smallest absolute Gasteiger partial charge is 0.251 e. The second kappa shape index (κ2) is 8.34. The predicted octanol–water partition coefficient (Wildman–Crippen LogP) is 4.41. The number of halogens is 1. The number of carbonyl (C=O) groups excluding carboxylic acids is 1. The molecule has 1 heterocycles. The molecule has 126 valence electrons. The minimum Gasteiger partial charge on any atom is -0.372 e. The van der Waals surface area contributed by atoms with Crippen LogP contribution < -0.4 is 10.2 Å². The van der Waals surface area contributed by atoms with Crippen molar-refractivity contribution >= 4 is 27.5 Å². The average molecular weight is 387 g/mol. The Kier molecular flexibility index (Phi) is 5.91. The van der Waals surface area contributed by atoms with Crippen LogP contribution in [-0.2, 0) is 6.42 Å². The Balaban J connectivity index is 1.41. The van der Waals surface area contributed by atoms with Gasteiger partial charge < -0.3 is 10.2 Å². The first-order valence-electron chi connectivity index (χ1n) is 8.60. The summed E-state index contributed by atoms with van der Waals surface area (Å²) in [5.74, 6) is -0.00752. The predicted molar refractivity (Wildman–Crippen MR) is 103 cm³/mol. The lowest BCUT2D eigenvalue weighted by Gasteiger charge is -2.17. The number of anilines is 1. The van der Waals surface area contributed by atoms with Crippen LogP contribution in [0.25, 0.3) is 0 Å². The zero-order valence-corrected chi connectivity index (χ0v) is 15.4. The molecule has 0 aliphatic carbocycles. The first-order chi connectivity index (χ1) is 11.7. The van der Waals surface area contributed by atoms with Crippen molar-refractivity contribution in [1.82, 2.24) is 5.32 Å². The fourth-order valence-electron chi connectivity index (χ4n) is 3.05. The number of rotatable bonds is 6. The number of nitrogens with one attached hydrogen (secondary N) is 1. The highest BCUT2D eigenvalue weighted by Gasteiger charge is 2.11. The molecule has 0 spiro atoms. The van der Waals surface area contributed by atoms with Gasteiger partial charge in [0.1, 0.15) is 0 Å². The fourth-order valence-corrected chi connectivity index (χ4v) is 3.31. The molecular weight excluding hydrogens is 364 g/mol. The maximum atomic E-state index is 12.0. The summed E-state index contributed by atoms with van der Waals surface area (Å²) in [4.78, 5) is 14.5. The largest absolute Gasteiger partial charge is 0.372 e. The number of amides is 1. The maximum Gasteiger partial charge on any atom is 0.251 e. The van der Waals surface area contributed by atoms with Crippen LogP contribution in [0.15, 0.2) is 53.0 Å². The Bertz CT molecular complexity index is 661. The summed E-state index contributed by atoms with van der Waals surface area (Å²) < 4.78 is 0.983. The van der Waals surface area contributed by atoms with Gasteiger partial charge in [0.05, 0.1) is 0 Å². The molecule has 3 rings (SSSR count). The van der Waals surface area contributed by atoms with Crippen LogP contribution in [0.1, 0.15) is 35.2 Å². The molecule has 1 fully saturated rings. The van der Waals surface area contributed by atoms with Crippen LogP contribution in [0.3, 0.4) is 0 Å². The third-order valence-electron chi connectivity index (χ3n) is 4.44. The summed E-state index contributed by atoms with van der Waals surface area (Å²) in [7, 11) is 0. The Labute approximate surface area is 152 Å². The molecule has 4 heteroatoms. The van der Waals surface area contributed by atoms with Crippen molar-refractivity contribution in [2.75, 3.05) is 24.5 Å². The molecular formula is C20H23BrN2O. The molecule has 0 unspecified atom stereocenters. The van der Waals surface area contributed by atoms with Crippen LogP contribution in [0.4, 0.5) is 5.69 Å². The van der Waals surface area contributed by atoms with Gasteiger partial charge >= 0.3 is 0 Å². The molecule has 1 aliphatic rings. The SMILES string of the molecule is O=C(NCCCc1ccc(N2CCCC2)cc1)c1ccc(Br)cc1. The number of nitrogens with zero attached hydrogens (tertiary/aromatic N) is 1. The van der Waals surface area contributed by atoms with E-state index in [1.54, 1.807) is 0 Å². The first-order valence-corrected chi connectivity index (χ1v) is 9.39. The minimum absolute atomic E-state index is 0.00752. The normalized spacial score (nSPS) is 14.0. The van der Waals surface area contributed by atoms with E-state index in [1.807, 2.05) is 24.3 Å². The Hall–Kier alpha value is -1.81. The fraction of sp³-hybridized carbons (Fsp3) is 0.350. The van der Waals surface area contributed by atoms with Gasteiger partial charge in [0.25, 0.3) is 5.91 Å². The summed E-state index contributed by atoms with van der Waals surface area (Å²) in [6, 6.07) is 16.3. The van der Waals surface area contributed by atoms with Gasteiger partial charge in [0, 0.05) is 35.4 Å². The summed E-state index contributed by atoms with van der Waals surface area (Å²) in [5, 5.41) is 2.98. The zero-order valence-electron chi connectivity index (χ0n) is 13.8. The van der Waals surface area contributed by atoms with Crippen LogP contribution in [0.5, 0.6) is 0 Å². The number of aryl methyl sites for hydroxylation is 1. The van der Waals surface area contributed by atoms with E-state index in [1.165, 1.54) is 37.2 Å². The molecule has 0 atom stereocenters.